The van der Waals surface area contributed by atoms with Gasteiger partial charge in [0.15, 0.2) is 0 Å². The van der Waals surface area contributed by atoms with Gasteiger partial charge in [-0.25, -0.2) is 0 Å². The van der Waals surface area contributed by atoms with E-state index in [1.807, 2.05) is 11.0 Å². The minimum absolute atomic E-state index is 0.0712. The number of halogens is 1. The molecule has 0 spiro atoms. The van der Waals surface area contributed by atoms with Gasteiger partial charge in [-0.3, -0.25) is 4.79 Å². The van der Waals surface area contributed by atoms with E-state index in [0.29, 0.717) is 37.0 Å². The van der Waals surface area contributed by atoms with E-state index in [0.717, 1.165) is 0 Å². The Labute approximate surface area is 122 Å². The first kappa shape index (κ1) is 14.4. The number of benzene rings is 1. The molecule has 0 radical (unpaired) electrons. The van der Waals surface area contributed by atoms with Gasteiger partial charge in [-0.1, -0.05) is 11.6 Å². The molecule has 2 rings (SSSR count). The molecule has 1 aliphatic rings. The predicted molar refractivity (Wildman–Crippen MR) is 76.2 cm³/mol. The fourth-order valence-electron chi connectivity index (χ4n) is 1.76. The quantitative estimate of drug-likeness (QED) is 0.683. The highest BCUT2D eigenvalue weighted by Crippen LogP contribution is 2.14. The molecule has 1 fully saturated rings. The molecule has 6 heteroatoms. The molecule has 104 valence electrons. The van der Waals surface area contributed by atoms with E-state index >= 15 is 0 Å². The lowest BCUT2D eigenvalue weighted by molar-refractivity contribution is -0.112. The Balaban J connectivity index is 2.03. The highest BCUT2D eigenvalue weighted by atomic mass is 35.5. The van der Waals surface area contributed by atoms with Crippen molar-refractivity contribution < 1.29 is 9.53 Å². The van der Waals surface area contributed by atoms with Crippen molar-refractivity contribution in [2.24, 2.45) is 0 Å². The van der Waals surface area contributed by atoms with E-state index in [2.05, 4.69) is 5.32 Å². The van der Waals surface area contributed by atoms with Crippen molar-refractivity contribution in [1.29, 1.82) is 5.26 Å². The monoisotopic (exact) mass is 291 g/mol. The summed E-state index contributed by atoms with van der Waals surface area (Å²) in [5, 5.41) is 12.3. The zero-order valence-electron chi connectivity index (χ0n) is 10.8. The van der Waals surface area contributed by atoms with E-state index in [9.17, 15) is 4.79 Å². The van der Waals surface area contributed by atoms with Gasteiger partial charge in [0, 0.05) is 30.0 Å². The summed E-state index contributed by atoms with van der Waals surface area (Å²) >= 11 is 5.77. The zero-order chi connectivity index (χ0) is 14.4. The van der Waals surface area contributed by atoms with Gasteiger partial charge >= 0.3 is 0 Å². The lowest BCUT2D eigenvalue weighted by Crippen LogP contribution is -2.33. The second-order valence-corrected chi connectivity index (χ2v) is 4.70. The van der Waals surface area contributed by atoms with E-state index in [4.69, 9.17) is 21.6 Å². The molecule has 0 saturated carbocycles. The molecule has 1 heterocycles. The summed E-state index contributed by atoms with van der Waals surface area (Å²) in [5.41, 5.74) is 0.671. The van der Waals surface area contributed by atoms with Crippen LogP contribution in [0.2, 0.25) is 5.02 Å². The number of nitriles is 1. The van der Waals surface area contributed by atoms with Gasteiger partial charge in [0.1, 0.15) is 11.6 Å². The fourth-order valence-corrected chi connectivity index (χ4v) is 1.89. The van der Waals surface area contributed by atoms with Crippen molar-refractivity contribution in [1.82, 2.24) is 4.90 Å². The van der Waals surface area contributed by atoms with Crippen LogP contribution >= 0.6 is 11.6 Å². The average molecular weight is 292 g/mol. The number of nitrogens with one attached hydrogen (secondary N) is 1. The van der Waals surface area contributed by atoms with E-state index in [-0.39, 0.29) is 5.57 Å². The van der Waals surface area contributed by atoms with Gasteiger partial charge in [0.25, 0.3) is 5.91 Å². The van der Waals surface area contributed by atoms with Crippen LogP contribution in [0.4, 0.5) is 5.69 Å². The molecule has 1 aromatic carbocycles. The normalized spacial score (nSPS) is 15.6. The molecule has 0 aliphatic carbocycles. The van der Waals surface area contributed by atoms with E-state index < -0.39 is 5.91 Å². The van der Waals surface area contributed by atoms with Crippen LogP contribution in [0.1, 0.15) is 0 Å². The zero-order valence-corrected chi connectivity index (χ0v) is 11.6. The van der Waals surface area contributed by atoms with E-state index in [1.54, 1.807) is 30.5 Å². The maximum atomic E-state index is 12.0. The van der Waals surface area contributed by atoms with Crippen LogP contribution in [0.25, 0.3) is 0 Å². The molecule has 0 aromatic heterocycles. The van der Waals surface area contributed by atoms with Crippen LogP contribution in [-0.4, -0.2) is 37.1 Å². The molecular formula is C14H14ClN3O2. The summed E-state index contributed by atoms with van der Waals surface area (Å²) in [6, 6.07) is 8.64. The standard InChI is InChI=1S/C14H14ClN3O2/c15-12-1-3-13(4-2-12)17-14(19)11(9-16)10-18-5-7-20-8-6-18/h1-4,10H,5-8H2,(H,17,19)/b11-10-. The maximum Gasteiger partial charge on any atom is 0.267 e. The molecule has 20 heavy (non-hydrogen) atoms. The maximum absolute atomic E-state index is 12.0. The molecule has 1 aromatic rings. The van der Waals surface area contributed by atoms with Crippen molar-refractivity contribution in [2.45, 2.75) is 0 Å². The molecule has 0 atom stereocenters. The Morgan fingerprint density at radius 2 is 2.00 bits per heavy atom. The number of carbonyl (C=O) groups is 1. The summed E-state index contributed by atoms with van der Waals surface area (Å²) in [4.78, 5) is 13.9. The number of morpholine rings is 1. The predicted octanol–water partition coefficient (Wildman–Crippen LogP) is 2.02. The van der Waals surface area contributed by atoms with Crippen molar-refractivity contribution in [2.75, 3.05) is 31.6 Å². The number of amides is 1. The molecule has 1 aliphatic heterocycles. The first-order valence-electron chi connectivity index (χ1n) is 6.19. The highest BCUT2D eigenvalue weighted by molar-refractivity contribution is 6.30. The number of nitrogens with zero attached hydrogens (tertiary/aromatic N) is 2. The molecule has 1 saturated heterocycles. The molecule has 1 amide bonds. The number of hydrogen-bond acceptors (Lipinski definition) is 4. The molecule has 1 N–H and O–H groups in total. The summed E-state index contributed by atoms with van der Waals surface area (Å²) < 4.78 is 5.22. The fraction of sp³-hybridized carbons (Fsp3) is 0.286. The second-order valence-electron chi connectivity index (χ2n) is 4.26. The third-order valence-corrected chi connectivity index (χ3v) is 3.08. The topological polar surface area (TPSA) is 65.4 Å². The Morgan fingerprint density at radius 1 is 1.35 bits per heavy atom. The lowest BCUT2D eigenvalue weighted by Gasteiger charge is -2.25. The molecular weight excluding hydrogens is 278 g/mol. The second kappa shape index (κ2) is 6.94. The van der Waals surface area contributed by atoms with Gasteiger partial charge in [0.2, 0.25) is 0 Å². The molecule has 0 bridgehead atoms. The molecule has 0 unspecified atom stereocenters. The Kier molecular flexibility index (Phi) is 4.99. The minimum atomic E-state index is -0.429. The van der Waals surface area contributed by atoms with Crippen LogP contribution in [0.15, 0.2) is 36.0 Å². The van der Waals surface area contributed by atoms with Crippen LogP contribution in [0.3, 0.4) is 0 Å². The van der Waals surface area contributed by atoms with Crippen LogP contribution in [-0.2, 0) is 9.53 Å². The summed E-state index contributed by atoms with van der Waals surface area (Å²) in [6.07, 6.45) is 1.58. The lowest BCUT2D eigenvalue weighted by atomic mass is 10.2. The average Bonchev–Trinajstić information content (AvgIpc) is 2.48. The third-order valence-electron chi connectivity index (χ3n) is 2.82. The highest BCUT2D eigenvalue weighted by Gasteiger charge is 2.13. The molecule has 5 nitrogen and oxygen atoms in total. The van der Waals surface area contributed by atoms with Crippen molar-refractivity contribution in [3.8, 4) is 6.07 Å². The Bertz CT molecular complexity index is 543. The largest absolute Gasteiger partial charge is 0.378 e. The summed E-state index contributed by atoms with van der Waals surface area (Å²) in [5.74, 6) is -0.429. The smallest absolute Gasteiger partial charge is 0.267 e. The van der Waals surface area contributed by atoms with Crippen LogP contribution in [0.5, 0.6) is 0 Å². The number of hydrogen-bond donors (Lipinski definition) is 1. The number of carbonyl (C=O) groups excluding carboxylic acids is 1. The van der Waals surface area contributed by atoms with Crippen LogP contribution < -0.4 is 5.32 Å². The number of rotatable bonds is 3. The van der Waals surface area contributed by atoms with Crippen molar-refractivity contribution in [3.05, 3.63) is 41.1 Å². The Morgan fingerprint density at radius 3 is 2.60 bits per heavy atom. The van der Waals surface area contributed by atoms with Gasteiger partial charge < -0.3 is 15.0 Å². The number of ether oxygens (including phenoxy) is 1. The Hall–Kier alpha value is -2.03. The van der Waals surface area contributed by atoms with E-state index in [1.165, 1.54) is 0 Å². The van der Waals surface area contributed by atoms with Gasteiger partial charge in [-0.15, -0.1) is 0 Å². The van der Waals surface area contributed by atoms with Gasteiger partial charge in [-0.2, -0.15) is 5.26 Å². The van der Waals surface area contributed by atoms with Gasteiger partial charge in [-0.05, 0) is 24.3 Å². The SMILES string of the molecule is N#C/C(=C/N1CCOCC1)C(=O)Nc1ccc(Cl)cc1. The summed E-state index contributed by atoms with van der Waals surface area (Å²) in [7, 11) is 0. The van der Waals surface area contributed by atoms with Gasteiger partial charge in [0.05, 0.1) is 13.2 Å². The third kappa shape index (κ3) is 3.98. The van der Waals surface area contributed by atoms with Crippen LogP contribution in [0, 0.1) is 11.3 Å². The first-order valence-corrected chi connectivity index (χ1v) is 6.57. The minimum Gasteiger partial charge on any atom is -0.378 e. The number of anilines is 1. The van der Waals surface area contributed by atoms with Crippen molar-refractivity contribution >= 4 is 23.2 Å². The first-order chi connectivity index (χ1) is 9.69. The summed E-state index contributed by atoms with van der Waals surface area (Å²) in [6.45, 7) is 2.57. The van der Waals surface area contributed by atoms with Crippen molar-refractivity contribution in [3.63, 3.8) is 0 Å².